The molecule has 0 bridgehead atoms. The topological polar surface area (TPSA) is 122 Å². The molecule has 0 aliphatic rings. The van der Waals surface area contributed by atoms with Crippen molar-refractivity contribution < 1.29 is 47.3 Å². The van der Waals surface area contributed by atoms with Crippen LogP contribution in [0.4, 0.5) is 0 Å². The minimum Gasteiger partial charge on any atom is -0.412 e. The van der Waals surface area contributed by atoms with Crippen LogP contribution in [-0.2, 0) is 22.7 Å². The van der Waals surface area contributed by atoms with Crippen molar-refractivity contribution in [1.82, 2.24) is 0 Å². The Kier molecular flexibility index (Phi) is 48.1. The van der Waals surface area contributed by atoms with E-state index in [2.05, 4.69) is 61.2 Å². The van der Waals surface area contributed by atoms with Crippen LogP contribution in [0.2, 0.25) is 37.8 Å². The Morgan fingerprint density at radius 1 is 0.404 bits per heavy atom. The van der Waals surface area contributed by atoms with Crippen molar-refractivity contribution in [1.29, 1.82) is 0 Å². The Morgan fingerprint density at radius 2 is 0.692 bits per heavy atom. The molecule has 2 atom stereocenters. The Morgan fingerprint density at radius 3 is 1.06 bits per heavy atom. The minimum absolute atomic E-state index is 0. The molecule has 0 fully saturated rings. The van der Waals surface area contributed by atoms with Gasteiger partial charge in [0.05, 0.1) is 0 Å². The van der Waals surface area contributed by atoms with E-state index in [1.54, 1.807) is 0 Å². The summed E-state index contributed by atoms with van der Waals surface area (Å²) in [5, 5.41) is 0. The molecule has 0 saturated heterocycles. The summed E-state index contributed by atoms with van der Waals surface area (Å²) >= 11 is 0. The molecular formula is C42H98O6Si3V. The van der Waals surface area contributed by atoms with Gasteiger partial charge >= 0.3 is 17.6 Å². The Labute approximate surface area is 342 Å². The van der Waals surface area contributed by atoms with Crippen LogP contribution in [0, 0.1) is 17.8 Å². The minimum atomic E-state index is -4.07. The van der Waals surface area contributed by atoms with Crippen LogP contribution < -0.4 is 0 Å². The zero-order valence-corrected chi connectivity index (χ0v) is 40.3. The molecule has 2 unspecified atom stereocenters. The first-order valence-electron chi connectivity index (χ1n) is 21.8. The van der Waals surface area contributed by atoms with Crippen LogP contribution >= 0.6 is 0 Å². The third kappa shape index (κ3) is 43.7. The van der Waals surface area contributed by atoms with E-state index in [4.69, 9.17) is 4.12 Å². The fourth-order valence-electron chi connectivity index (χ4n) is 6.96. The van der Waals surface area contributed by atoms with Crippen LogP contribution in [0.25, 0.3) is 0 Å². The summed E-state index contributed by atoms with van der Waals surface area (Å²) in [4.78, 5) is 42.1. The molecule has 0 saturated carbocycles. The normalized spacial score (nSPS) is 13.0. The fraction of sp³-hybridized carbons (Fsp3) is 1.00. The van der Waals surface area contributed by atoms with Crippen LogP contribution in [0.1, 0.15) is 216 Å². The van der Waals surface area contributed by atoms with Gasteiger partial charge in [-0.1, -0.05) is 229 Å². The molecule has 319 valence electrons. The first-order chi connectivity index (χ1) is 23.2. The summed E-state index contributed by atoms with van der Waals surface area (Å²) in [7, 11) is -8.93. The van der Waals surface area contributed by atoms with E-state index in [1.165, 1.54) is 122 Å². The maximum atomic E-state index is 10.5. The predicted molar refractivity (Wildman–Crippen MR) is 234 cm³/mol. The standard InChI is InChI=1S/C26H58O5Si2.C15H34Si.CH4.H2O.V/c1-5-9-13-16-20-25(17-12-8-4)21-23-32(27,28)31-33(29,30)24-22-26(18-14-10-6-2)19-15-11-7-3;1-6-8-9-10-11-12-15(7-2)13-14-16(3,4)5;;;/h25-30H,5-24H2,1-4H3;15H,6-14H2,1-5H3;1H4;1H2;. The molecule has 0 aliphatic heterocycles. The van der Waals surface area contributed by atoms with E-state index in [0.717, 1.165) is 44.4 Å². The molecular weight excluding hydrogens is 736 g/mol. The molecule has 6 nitrogen and oxygen atoms in total. The van der Waals surface area contributed by atoms with Gasteiger partial charge in [0.1, 0.15) is 0 Å². The number of rotatable bonds is 34. The molecule has 0 aromatic carbocycles. The average molecular weight is 834 g/mol. The summed E-state index contributed by atoms with van der Waals surface area (Å²) in [5.41, 5.74) is 0. The number of hydrogen-bond acceptors (Lipinski definition) is 5. The largest absolute Gasteiger partial charge is 0.488 e. The first-order valence-corrected chi connectivity index (χ1v) is 29.5. The summed E-state index contributed by atoms with van der Waals surface area (Å²) < 4.78 is 5.32. The quantitative estimate of drug-likeness (QED) is 0.0380. The molecule has 0 amide bonds. The molecule has 0 rings (SSSR count). The summed E-state index contributed by atoms with van der Waals surface area (Å²) in [6, 6.07) is 1.87. The monoisotopic (exact) mass is 834 g/mol. The Bertz CT molecular complexity index is 687. The first kappa shape index (κ1) is 62.2. The summed E-state index contributed by atoms with van der Waals surface area (Å²) in [6.07, 6.45) is 31.8. The van der Waals surface area contributed by atoms with Gasteiger partial charge in [0.15, 0.2) is 0 Å². The molecule has 52 heavy (non-hydrogen) atoms. The molecule has 0 aliphatic carbocycles. The van der Waals surface area contributed by atoms with Crippen molar-refractivity contribution in [2.24, 2.45) is 17.8 Å². The van der Waals surface area contributed by atoms with Gasteiger partial charge in [0.25, 0.3) is 0 Å². The van der Waals surface area contributed by atoms with Gasteiger partial charge in [-0.05, 0) is 30.6 Å². The van der Waals surface area contributed by atoms with Crippen LogP contribution in [0.5, 0.6) is 0 Å². The second kappa shape index (κ2) is 40.2. The smallest absolute Gasteiger partial charge is 0.412 e. The van der Waals surface area contributed by atoms with Gasteiger partial charge in [-0.2, -0.15) is 0 Å². The van der Waals surface area contributed by atoms with Crippen LogP contribution in [0.15, 0.2) is 0 Å². The third-order valence-corrected chi connectivity index (χ3v) is 16.8. The maximum absolute atomic E-state index is 10.5. The van der Waals surface area contributed by atoms with Crippen molar-refractivity contribution >= 4 is 25.7 Å². The number of hydrogen-bond donors (Lipinski definition) is 4. The van der Waals surface area contributed by atoms with Gasteiger partial charge in [-0.15, -0.1) is 0 Å². The predicted octanol–water partition coefficient (Wildman–Crippen LogP) is 13.1. The number of unbranched alkanes of at least 4 members (excludes halogenated alkanes) is 12. The van der Waals surface area contributed by atoms with Crippen LogP contribution in [-0.4, -0.2) is 50.3 Å². The zero-order chi connectivity index (χ0) is 37.4. The van der Waals surface area contributed by atoms with Gasteiger partial charge in [-0.3, -0.25) is 0 Å². The Balaban J connectivity index is -0.000000329. The molecule has 1 radical (unpaired) electrons. The SMILES string of the molecule is C.CCCCCCC(CCCC)CC[Si](O)(O)O[Si](O)(O)CCC(CCCCC)CCCCC.CCCCCCCC(CC)CC[Si](C)(C)C.O.[V]. The van der Waals surface area contributed by atoms with Gasteiger partial charge in [0, 0.05) is 38.7 Å². The van der Waals surface area contributed by atoms with Gasteiger partial charge in [-0.25, -0.2) is 0 Å². The summed E-state index contributed by atoms with van der Waals surface area (Å²) in [6.45, 7) is 21.0. The molecule has 0 aromatic heterocycles. The van der Waals surface area contributed by atoms with E-state index in [-0.39, 0.29) is 43.5 Å². The van der Waals surface area contributed by atoms with Crippen molar-refractivity contribution in [2.45, 2.75) is 254 Å². The second-order valence-electron chi connectivity index (χ2n) is 17.0. The maximum Gasteiger partial charge on any atom is 0.488 e. The average Bonchev–Trinajstić information content (AvgIpc) is 3.03. The van der Waals surface area contributed by atoms with E-state index in [1.807, 2.05) is 0 Å². The van der Waals surface area contributed by atoms with Gasteiger partial charge < -0.3 is 28.8 Å². The molecule has 0 aromatic rings. The zero-order valence-electron chi connectivity index (χ0n) is 35.9. The van der Waals surface area contributed by atoms with E-state index in [0.29, 0.717) is 24.7 Å². The van der Waals surface area contributed by atoms with E-state index in [9.17, 15) is 19.2 Å². The van der Waals surface area contributed by atoms with E-state index < -0.39 is 25.7 Å². The van der Waals surface area contributed by atoms with E-state index >= 15 is 0 Å². The Hall–Kier alpha value is 0.995. The third-order valence-electron chi connectivity index (χ3n) is 10.5. The second-order valence-corrected chi connectivity index (χ2v) is 27.4. The molecule has 10 heteroatoms. The molecule has 0 spiro atoms. The van der Waals surface area contributed by atoms with Crippen molar-refractivity contribution in [3.05, 3.63) is 0 Å². The van der Waals surface area contributed by atoms with Crippen LogP contribution in [0.3, 0.4) is 0 Å². The summed E-state index contributed by atoms with van der Waals surface area (Å²) in [5.74, 6) is 1.95. The van der Waals surface area contributed by atoms with Gasteiger partial charge in [0.2, 0.25) is 0 Å². The van der Waals surface area contributed by atoms with Crippen molar-refractivity contribution in [2.75, 3.05) is 0 Å². The van der Waals surface area contributed by atoms with Crippen molar-refractivity contribution in [3.63, 3.8) is 0 Å². The fourth-order valence-corrected chi connectivity index (χ4v) is 12.7. The molecule has 0 heterocycles. The molecule has 6 N–H and O–H groups in total. The van der Waals surface area contributed by atoms with Crippen molar-refractivity contribution in [3.8, 4) is 0 Å².